The minimum atomic E-state index is -3.12. The van der Waals surface area contributed by atoms with Gasteiger partial charge in [0, 0.05) is 18.3 Å². The largest absolute Gasteiger partial charge is 0.488 e. The molecule has 1 unspecified atom stereocenters. The third kappa shape index (κ3) is 3.01. The molecule has 24 heavy (non-hydrogen) atoms. The first kappa shape index (κ1) is 15.5. The van der Waals surface area contributed by atoms with Gasteiger partial charge in [-0.25, -0.2) is 18.4 Å². The molecule has 6 nitrogen and oxygen atoms in total. The second-order valence-corrected chi connectivity index (χ2v) is 8.43. The first-order chi connectivity index (χ1) is 11.6. The summed E-state index contributed by atoms with van der Waals surface area (Å²) in [5.74, 6) is 0.729. The molecule has 1 saturated carbocycles. The van der Waals surface area contributed by atoms with E-state index in [9.17, 15) is 8.42 Å². The highest BCUT2D eigenvalue weighted by atomic mass is 32.2. The van der Waals surface area contributed by atoms with E-state index in [-0.39, 0.29) is 11.4 Å². The Bertz CT molecular complexity index is 822. The van der Waals surface area contributed by atoms with Crippen molar-refractivity contribution < 1.29 is 13.2 Å². The smallest absolute Gasteiger partial charge is 0.217 e. The van der Waals surface area contributed by atoms with Gasteiger partial charge in [-0.2, -0.15) is 4.31 Å². The van der Waals surface area contributed by atoms with E-state index < -0.39 is 10.0 Å². The van der Waals surface area contributed by atoms with E-state index in [1.54, 1.807) is 10.5 Å². The summed E-state index contributed by atoms with van der Waals surface area (Å²) in [6.45, 7) is 0.968. The minimum absolute atomic E-state index is 0.124. The number of benzene rings is 1. The van der Waals surface area contributed by atoms with Gasteiger partial charge in [0.1, 0.15) is 18.2 Å². The molecule has 1 atom stereocenters. The normalized spacial score (nSPS) is 21.8. The molecule has 0 spiro atoms. The van der Waals surface area contributed by atoms with Gasteiger partial charge in [0.15, 0.2) is 0 Å². The van der Waals surface area contributed by atoms with Crippen LogP contribution < -0.4 is 4.74 Å². The van der Waals surface area contributed by atoms with Crippen LogP contribution >= 0.6 is 0 Å². The molecule has 2 aromatic rings. The zero-order valence-corrected chi connectivity index (χ0v) is 14.0. The fourth-order valence-electron chi connectivity index (χ4n) is 3.01. The van der Waals surface area contributed by atoms with Crippen molar-refractivity contribution in [3.63, 3.8) is 0 Å². The van der Waals surface area contributed by atoms with Crippen LogP contribution in [0.4, 0.5) is 0 Å². The van der Waals surface area contributed by atoms with Gasteiger partial charge in [-0.1, -0.05) is 12.1 Å². The number of para-hydroxylation sites is 1. The van der Waals surface area contributed by atoms with Gasteiger partial charge in [0.05, 0.1) is 17.5 Å². The van der Waals surface area contributed by atoms with Crippen molar-refractivity contribution in [3.05, 3.63) is 42.9 Å². The average molecular weight is 345 g/mol. The highest BCUT2D eigenvalue weighted by molar-refractivity contribution is 7.90. The first-order valence-corrected chi connectivity index (χ1v) is 9.66. The number of hydrogen-bond acceptors (Lipinski definition) is 5. The molecule has 7 heteroatoms. The van der Waals surface area contributed by atoms with Gasteiger partial charge in [0.2, 0.25) is 10.0 Å². The van der Waals surface area contributed by atoms with E-state index in [1.165, 1.54) is 6.33 Å². The highest BCUT2D eigenvalue weighted by Gasteiger charge is 2.43. The van der Waals surface area contributed by atoms with Crippen LogP contribution in [0.2, 0.25) is 0 Å². The van der Waals surface area contributed by atoms with Gasteiger partial charge in [-0.15, -0.1) is 0 Å². The zero-order chi connectivity index (χ0) is 16.6. The molecule has 0 N–H and O–H groups in total. The zero-order valence-electron chi connectivity index (χ0n) is 13.2. The molecule has 0 radical (unpaired) electrons. The SMILES string of the molecule is O=S(=O)(C1CC1)N1CCC(Oc2ccccc2-c2ccncn2)C1. The molecule has 1 aliphatic heterocycles. The van der Waals surface area contributed by atoms with Gasteiger partial charge in [-0.3, -0.25) is 0 Å². The fourth-order valence-corrected chi connectivity index (χ4v) is 4.90. The van der Waals surface area contributed by atoms with Crippen molar-refractivity contribution in [2.75, 3.05) is 13.1 Å². The highest BCUT2D eigenvalue weighted by Crippen LogP contribution is 2.34. The van der Waals surface area contributed by atoms with Crippen molar-refractivity contribution in [2.24, 2.45) is 0 Å². The maximum atomic E-state index is 12.3. The maximum Gasteiger partial charge on any atom is 0.217 e. The molecule has 4 rings (SSSR count). The van der Waals surface area contributed by atoms with Crippen LogP contribution in [-0.2, 0) is 10.0 Å². The average Bonchev–Trinajstić information content (AvgIpc) is 3.37. The topological polar surface area (TPSA) is 72.4 Å². The summed E-state index contributed by atoms with van der Waals surface area (Å²) in [6.07, 6.45) is 5.37. The lowest BCUT2D eigenvalue weighted by atomic mass is 10.1. The molecular formula is C17H19N3O3S. The lowest BCUT2D eigenvalue weighted by molar-refractivity contribution is 0.216. The number of rotatable bonds is 5. The summed E-state index contributed by atoms with van der Waals surface area (Å²) in [5.41, 5.74) is 1.68. The summed E-state index contributed by atoms with van der Waals surface area (Å²) >= 11 is 0. The fraction of sp³-hybridized carbons (Fsp3) is 0.412. The Morgan fingerprint density at radius 1 is 1.12 bits per heavy atom. The molecule has 1 aromatic carbocycles. The van der Waals surface area contributed by atoms with Crippen LogP contribution in [0.1, 0.15) is 19.3 Å². The summed E-state index contributed by atoms with van der Waals surface area (Å²) in [4.78, 5) is 8.21. The van der Waals surface area contributed by atoms with Gasteiger partial charge in [0.25, 0.3) is 0 Å². The molecule has 126 valence electrons. The molecule has 0 amide bonds. The summed E-state index contributed by atoms with van der Waals surface area (Å²) in [7, 11) is -3.12. The van der Waals surface area contributed by atoms with Crippen LogP contribution in [0.15, 0.2) is 42.9 Å². The van der Waals surface area contributed by atoms with E-state index in [0.29, 0.717) is 19.5 Å². The molecule has 2 fully saturated rings. The van der Waals surface area contributed by atoms with Crippen molar-refractivity contribution in [3.8, 4) is 17.0 Å². The number of nitrogens with zero attached hydrogens (tertiary/aromatic N) is 3. The van der Waals surface area contributed by atoms with Crippen LogP contribution in [0, 0.1) is 0 Å². The quantitative estimate of drug-likeness (QED) is 0.830. The van der Waals surface area contributed by atoms with E-state index in [0.717, 1.165) is 29.8 Å². The van der Waals surface area contributed by atoms with Crippen LogP contribution in [0.3, 0.4) is 0 Å². The van der Waals surface area contributed by atoms with Crippen LogP contribution in [-0.4, -0.2) is 47.1 Å². The molecule has 2 heterocycles. The predicted molar refractivity (Wildman–Crippen MR) is 90.0 cm³/mol. The third-order valence-electron chi connectivity index (χ3n) is 4.45. The summed E-state index contributed by atoms with van der Waals surface area (Å²) in [5, 5.41) is -0.162. The van der Waals surface area contributed by atoms with Crippen molar-refractivity contribution in [1.82, 2.24) is 14.3 Å². The lowest BCUT2D eigenvalue weighted by Crippen LogP contribution is -2.33. The second kappa shape index (κ2) is 6.14. The maximum absolute atomic E-state index is 12.3. The van der Waals surface area contributed by atoms with E-state index in [4.69, 9.17) is 4.74 Å². The van der Waals surface area contributed by atoms with Crippen molar-refractivity contribution in [1.29, 1.82) is 0 Å². The summed E-state index contributed by atoms with van der Waals surface area (Å²) < 4.78 is 32.4. The van der Waals surface area contributed by atoms with Crippen molar-refractivity contribution >= 4 is 10.0 Å². The molecule has 1 aromatic heterocycles. The predicted octanol–water partition coefficient (Wildman–Crippen LogP) is 2.09. The molecule has 1 aliphatic carbocycles. The number of ether oxygens (including phenoxy) is 1. The van der Waals surface area contributed by atoms with Crippen LogP contribution in [0.5, 0.6) is 5.75 Å². The molecular weight excluding hydrogens is 326 g/mol. The van der Waals surface area contributed by atoms with Crippen LogP contribution in [0.25, 0.3) is 11.3 Å². The minimum Gasteiger partial charge on any atom is -0.488 e. The summed E-state index contributed by atoms with van der Waals surface area (Å²) in [6, 6.07) is 9.53. The van der Waals surface area contributed by atoms with E-state index in [2.05, 4.69) is 9.97 Å². The Balaban J connectivity index is 1.51. The standard InChI is InChI=1S/C17H19N3O3S/c21-24(22,14-5-6-14)20-10-8-13(11-20)23-17-4-2-1-3-15(17)16-7-9-18-12-19-16/h1-4,7,9,12-14H,5-6,8,10-11H2. The Hall–Kier alpha value is -1.99. The first-order valence-electron chi connectivity index (χ1n) is 8.15. The van der Waals surface area contributed by atoms with Crippen molar-refractivity contribution in [2.45, 2.75) is 30.6 Å². The Morgan fingerprint density at radius 3 is 2.71 bits per heavy atom. The molecule has 2 aliphatic rings. The van der Waals surface area contributed by atoms with Gasteiger partial charge in [-0.05, 0) is 37.5 Å². The molecule has 1 saturated heterocycles. The van der Waals surface area contributed by atoms with E-state index >= 15 is 0 Å². The second-order valence-electron chi connectivity index (χ2n) is 6.22. The number of hydrogen-bond donors (Lipinski definition) is 0. The Labute approximate surface area is 141 Å². The lowest BCUT2D eigenvalue weighted by Gasteiger charge is -2.18. The Kier molecular flexibility index (Phi) is 3.97. The Morgan fingerprint density at radius 2 is 1.96 bits per heavy atom. The third-order valence-corrected chi connectivity index (χ3v) is 6.82. The molecule has 0 bridgehead atoms. The number of sulfonamides is 1. The van der Waals surface area contributed by atoms with Gasteiger partial charge >= 0.3 is 0 Å². The number of aromatic nitrogens is 2. The van der Waals surface area contributed by atoms with E-state index in [1.807, 2.05) is 30.3 Å². The monoisotopic (exact) mass is 345 g/mol. The van der Waals surface area contributed by atoms with Gasteiger partial charge < -0.3 is 4.74 Å².